The second kappa shape index (κ2) is 9.40. The van der Waals surface area contributed by atoms with Gasteiger partial charge in [0.05, 0.1) is 33.1 Å². The van der Waals surface area contributed by atoms with Crippen molar-refractivity contribution in [3.63, 3.8) is 0 Å². The van der Waals surface area contributed by atoms with E-state index >= 15 is 0 Å². The number of benzene rings is 6. The highest BCUT2D eigenvalue weighted by Crippen LogP contribution is 2.44. The van der Waals surface area contributed by atoms with E-state index in [0.29, 0.717) is 17.6 Å². The van der Waals surface area contributed by atoms with Crippen LogP contribution in [0.1, 0.15) is 0 Å². The highest BCUT2D eigenvalue weighted by molar-refractivity contribution is 6.30. The topological polar surface area (TPSA) is 73.8 Å². The van der Waals surface area contributed by atoms with E-state index in [4.69, 9.17) is 24.9 Å². The van der Waals surface area contributed by atoms with Crippen molar-refractivity contribution in [1.82, 2.24) is 33.9 Å². The first-order valence-corrected chi connectivity index (χ1v) is 16.0. The van der Waals surface area contributed by atoms with Gasteiger partial charge in [-0.3, -0.25) is 8.97 Å². The molecule has 0 aliphatic heterocycles. The number of aromatic nitrogens is 7. The maximum atomic E-state index is 5.22. The second-order valence-corrected chi connectivity index (χ2v) is 12.1. The van der Waals surface area contributed by atoms with Gasteiger partial charge in [0.2, 0.25) is 5.95 Å². The Kier molecular flexibility index (Phi) is 4.99. The molecule has 5 aromatic heterocycles. The molecule has 0 aliphatic rings. The molecule has 7 heteroatoms. The Balaban J connectivity index is 1.31. The van der Waals surface area contributed by atoms with E-state index in [1.807, 2.05) is 84.9 Å². The molecule has 0 radical (unpaired) electrons. The number of hydrogen-bond acceptors (Lipinski definition) is 5. The molecule has 11 rings (SSSR count). The van der Waals surface area contributed by atoms with Crippen molar-refractivity contribution in [2.45, 2.75) is 0 Å². The minimum absolute atomic E-state index is 0.567. The fourth-order valence-electron chi connectivity index (χ4n) is 7.45. The minimum atomic E-state index is 0.567. The first kappa shape index (κ1) is 25.5. The van der Waals surface area contributed by atoms with E-state index in [0.717, 1.165) is 71.5 Å². The minimum Gasteiger partial charge on any atom is -0.291 e. The fourth-order valence-corrected chi connectivity index (χ4v) is 7.45. The summed E-state index contributed by atoms with van der Waals surface area (Å²) in [5, 5.41) is 5.70. The lowest BCUT2D eigenvalue weighted by Gasteiger charge is -2.11. The van der Waals surface area contributed by atoms with E-state index in [1.54, 1.807) is 0 Å². The van der Waals surface area contributed by atoms with Crippen LogP contribution in [-0.4, -0.2) is 33.9 Å². The zero-order valence-electron chi connectivity index (χ0n) is 25.4. The van der Waals surface area contributed by atoms with Crippen molar-refractivity contribution in [2.24, 2.45) is 0 Å². The second-order valence-electron chi connectivity index (χ2n) is 12.1. The van der Waals surface area contributed by atoms with E-state index < -0.39 is 0 Å². The van der Waals surface area contributed by atoms with E-state index in [9.17, 15) is 0 Å². The molecule has 0 unspecified atom stereocenters. The Morgan fingerprint density at radius 2 is 1.00 bits per heavy atom. The largest absolute Gasteiger partial charge is 0.291 e. The normalized spacial score (nSPS) is 12.2. The number of nitrogens with zero attached hydrogens (tertiary/aromatic N) is 7. The molecule has 0 saturated heterocycles. The molecule has 0 amide bonds. The van der Waals surface area contributed by atoms with Gasteiger partial charge in [-0.15, -0.1) is 0 Å². The Labute approximate surface area is 272 Å². The van der Waals surface area contributed by atoms with Gasteiger partial charge in [-0.2, -0.15) is 9.97 Å². The van der Waals surface area contributed by atoms with Gasteiger partial charge in [-0.05, 0) is 24.3 Å². The van der Waals surface area contributed by atoms with Crippen LogP contribution in [0.5, 0.6) is 0 Å². The summed E-state index contributed by atoms with van der Waals surface area (Å²) in [6.45, 7) is 0. The van der Waals surface area contributed by atoms with Gasteiger partial charge in [0.25, 0.3) is 0 Å². The molecule has 48 heavy (non-hydrogen) atoms. The van der Waals surface area contributed by atoms with Crippen LogP contribution in [-0.2, 0) is 0 Å². The standard InChI is InChI=1S/C41H23N7/c1-3-12-24(13-4-1)38-44-39(25-14-5-2-6-15-25)46-41(45-38)47-32-21-10-7-16-28(32)34-33(47)23-22-27-26-17-11-18-29-35-40(48(36(26)29)37(27)34)43-31-20-9-8-19-30(31)42-35/h1-23H. The molecule has 5 heterocycles. The zero-order chi connectivity index (χ0) is 31.3. The Morgan fingerprint density at radius 3 is 1.75 bits per heavy atom. The molecule has 11 aromatic rings. The number of fused-ring (bicyclic) bond motifs is 11. The quantitative estimate of drug-likeness (QED) is 0.199. The summed E-state index contributed by atoms with van der Waals surface area (Å²) in [7, 11) is 0. The Bertz CT molecular complexity index is 2990. The van der Waals surface area contributed by atoms with Crippen molar-refractivity contribution in [3.05, 3.63) is 140 Å². The van der Waals surface area contributed by atoms with Gasteiger partial charge in [-0.25, -0.2) is 15.0 Å². The van der Waals surface area contributed by atoms with Crippen molar-refractivity contribution in [1.29, 1.82) is 0 Å². The molecular weight excluding hydrogens is 591 g/mol. The van der Waals surface area contributed by atoms with Crippen LogP contribution in [0.2, 0.25) is 0 Å². The van der Waals surface area contributed by atoms with Gasteiger partial charge >= 0.3 is 0 Å². The predicted molar refractivity (Wildman–Crippen MR) is 193 cm³/mol. The van der Waals surface area contributed by atoms with Crippen LogP contribution in [0.15, 0.2) is 140 Å². The first-order chi connectivity index (χ1) is 23.8. The zero-order valence-corrected chi connectivity index (χ0v) is 25.4. The predicted octanol–water partition coefficient (Wildman–Crippen LogP) is 9.40. The molecule has 0 spiro atoms. The highest BCUT2D eigenvalue weighted by Gasteiger charge is 2.25. The van der Waals surface area contributed by atoms with Gasteiger partial charge in [0.1, 0.15) is 5.52 Å². The molecule has 222 valence electrons. The summed E-state index contributed by atoms with van der Waals surface area (Å²) >= 11 is 0. The van der Waals surface area contributed by atoms with E-state index in [1.165, 1.54) is 10.8 Å². The van der Waals surface area contributed by atoms with Crippen molar-refractivity contribution in [2.75, 3.05) is 0 Å². The summed E-state index contributed by atoms with van der Waals surface area (Å²) in [4.78, 5) is 25.6. The van der Waals surface area contributed by atoms with E-state index in [2.05, 4.69) is 63.6 Å². The SMILES string of the molecule is c1ccc(-c2nc(-c3ccccc3)nc(-n3c4ccccc4c4c3ccc3c5cccc6c7nc8ccccc8nc7n(c56)c34)n2)cc1. The highest BCUT2D eigenvalue weighted by atomic mass is 15.2. The van der Waals surface area contributed by atoms with E-state index in [-0.39, 0.29) is 0 Å². The van der Waals surface area contributed by atoms with Crippen molar-refractivity contribution in [3.8, 4) is 28.7 Å². The molecule has 0 N–H and O–H groups in total. The number of para-hydroxylation sites is 4. The van der Waals surface area contributed by atoms with Crippen LogP contribution < -0.4 is 0 Å². The first-order valence-electron chi connectivity index (χ1n) is 16.0. The average Bonchev–Trinajstić information content (AvgIpc) is 3.79. The third-order valence-corrected chi connectivity index (χ3v) is 9.49. The van der Waals surface area contributed by atoms with Crippen molar-refractivity contribution >= 4 is 71.2 Å². The van der Waals surface area contributed by atoms with Gasteiger partial charge < -0.3 is 0 Å². The molecule has 0 saturated carbocycles. The fraction of sp³-hybridized carbons (Fsp3) is 0. The summed E-state index contributed by atoms with van der Waals surface area (Å²) in [6.07, 6.45) is 0. The number of hydrogen-bond donors (Lipinski definition) is 0. The lowest BCUT2D eigenvalue weighted by atomic mass is 10.1. The molecule has 0 atom stereocenters. The monoisotopic (exact) mass is 613 g/mol. The van der Waals surface area contributed by atoms with Crippen LogP contribution in [0.25, 0.3) is 99.9 Å². The third-order valence-electron chi connectivity index (χ3n) is 9.49. The summed E-state index contributed by atoms with van der Waals surface area (Å²) in [6, 6.07) is 47.7. The molecule has 0 bridgehead atoms. The maximum absolute atomic E-state index is 5.22. The van der Waals surface area contributed by atoms with Crippen LogP contribution in [0.4, 0.5) is 0 Å². The van der Waals surface area contributed by atoms with Gasteiger partial charge in [-0.1, -0.05) is 115 Å². The van der Waals surface area contributed by atoms with Crippen LogP contribution in [0, 0.1) is 0 Å². The third kappa shape index (κ3) is 3.39. The maximum Gasteiger partial charge on any atom is 0.238 e. The molecular formula is C41H23N7. The average molecular weight is 614 g/mol. The lowest BCUT2D eigenvalue weighted by molar-refractivity contribution is 0.953. The van der Waals surface area contributed by atoms with Gasteiger partial charge in [0, 0.05) is 38.1 Å². The molecule has 0 aliphatic carbocycles. The summed E-state index contributed by atoms with van der Waals surface area (Å²) in [5.74, 6) is 1.82. The molecule has 7 nitrogen and oxygen atoms in total. The smallest absolute Gasteiger partial charge is 0.238 e. The lowest BCUT2D eigenvalue weighted by Crippen LogP contribution is -2.06. The Hall–Kier alpha value is -6.73. The Morgan fingerprint density at radius 1 is 0.396 bits per heavy atom. The summed E-state index contributed by atoms with van der Waals surface area (Å²) in [5.41, 5.74) is 9.68. The molecule has 0 fully saturated rings. The van der Waals surface area contributed by atoms with Gasteiger partial charge in [0.15, 0.2) is 17.3 Å². The molecule has 6 aromatic carbocycles. The number of rotatable bonds is 3. The van der Waals surface area contributed by atoms with Crippen molar-refractivity contribution < 1.29 is 0 Å². The summed E-state index contributed by atoms with van der Waals surface area (Å²) < 4.78 is 4.50. The van der Waals surface area contributed by atoms with Crippen LogP contribution >= 0.6 is 0 Å². The van der Waals surface area contributed by atoms with Crippen LogP contribution in [0.3, 0.4) is 0 Å².